The topological polar surface area (TPSA) is 243 Å². The number of benzene rings is 2. The van der Waals surface area contributed by atoms with Crippen molar-refractivity contribution in [2.24, 2.45) is 0 Å². The van der Waals surface area contributed by atoms with Crippen molar-refractivity contribution in [3.8, 4) is 18.0 Å². The summed E-state index contributed by atoms with van der Waals surface area (Å²) in [6.45, 7) is 0. The largest absolute Gasteiger partial charge is 1.00 e. The van der Waals surface area contributed by atoms with Crippen LogP contribution in [-0.2, 0) is 20.2 Å². The van der Waals surface area contributed by atoms with Gasteiger partial charge >= 0.3 is 121 Å². The first-order chi connectivity index (χ1) is 20.3. The molecule has 17 nitrogen and oxygen atoms in total. The SMILES string of the molecule is COc1nc(Cl)nc(Nc2ccc(C=Cc3ccc(Nc4nc(OC)nc(OC)n4)cc3S(=O)(=O)[O-])c(S(=O)(=O)[O-])c2)n1.[K+].[K+]. The van der Waals surface area contributed by atoms with Crippen molar-refractivity contribution >= 4 is 67.3 Å². The minimum atomic E-state index is -5.04. The van der Waals surface area contributed by atoms with Gasteiger partial charge in [-0.3, -0.25) is 0 Å². The maximum atomic E-state index is 12.1. The molecule has 2 N–H and O–H groups in total. The van der Waals surface area contributed by atoms with E-state index >= 15 is 0 Å². The predicted octanol–water partition coefficient (Wildman–Crippen LogP) is -3.79. The van der Waals surface area contributed by atoms with Crippen LogP contribution >= 0.6 is 11.6 Å². The van der Waals surface area contributed by atoms with Crippen LogP contribution in [0.25, 0.3) is 12.2 Å². The first kappa shape index (κ1) is 39.8. The van der Waals surface area contributed by atoms with Crippen molar-refractivity contribution in [1.29, 1.82) is 0 Å². The van der Waals surface area contributed by atoms with E-state index in [1.54, 1.807) is 0 Å². The number of halogens is 1. The summed E-state index contributed by atoms with van der Waals surface area (Å²) in [7, 11) is -6.14. The first-order valence-electron chi connectivity index (χ1n) is 11.5. The predicted molar refractivity (Wildman–Crippen MR) is 149 cm³/mol. The van der Waals surface area contributed by atoms with E-state index in [-0.39, 0.29) is 160 Å². The van der Waals surface area contributed by atoms with Crippen LogP contribution in [0.15, 0.2) is 46.2 Å². The molecule has 4 aromatic rings. The Morgan fingerprint density at radius 1 is 0.644 bits per heavy atom. The smallest absolute Gasteiger partial charge is 0.744 e. The van der Waals surface area contributed by atoms with Gasteiger partial charge in [-0.15, -0.1) is 4.98 Å². The van der Waals surface area contributed by atoms with Gasteiger partial charge in [-0.25, -0.2) is 16.8 Å². The Morgan fingerprint density at radius 3 is 1.40 bits per heavy atom. The van der Waals surface area contributed by atoms with Crippen LogP contribution in [0.3, 0.4) is 0 Å². The van der Waals surface area contributed by atoms with Crippen LogP contribution in [0.5, 0.6) is 18.0 Å². The van der Waals surface area contributed by atoms with E-state index in [1.807, 2.05) is 0 Å². The Balaban J connectivity index is 0.00000353. The summed E-state index contributed by atoms with van der Waals surface area (Å²) in [5, 5.41) is 5.21. The molecular weight excluding hydrogens is 710 g/mol. The van der Waals surface area contributed by atoms with Gasteiger partial charge < -0.3 is 33.9 Å². The molecule has 0 unspecified atom stereocenters. The fourth-order valence-corrected chi connectivity index (χ4v) is 4.97. The standard InChI is InChI=1S/C23H21ClN8O9S2.2K/c1-39-21-28-18(24)27-19(29-21)25-14-8-6-12(16(10-14)42(33,34)35)4-5-13-7-9-15(11-17(13)43(36,37)38)26-20-30-22(40-2)32-23(31-20)41-3;;/h4-11H,1-3H3,(H,33,34,35)(H,36,37,38)(H,25,27,28,29)(H,26,30,31,32);;/q;2*+1/p-2. The number of rotatable bonds is 11. The second kappa shape index (κ2) is 17.1. The number of aromatic nitrogens is 6. The molecular formula is C23H19ClK2N8O9S2. The molecule has 0 spiro atoms. The molecule has 0 fully saturated rings. The van der Waals surface area contributed by atoms with E-state index in [4.69, 9.17) is 25.8 Å². The number of anilines is 4. The van der Waals surface area contributed by atoms with Crippen molar-refractivity contribution in [2.75, 3.05) is 32.0 Å². The Morgan fingerprint density at radius 2 is 1.02 bits per heavy atom. The van der Waals surface area contributed by atoms with Gasteiger partial charge in [0.25, 0.3) is 0 Å². The van der Waals surface area contributed by atoms with Crippen LogP contribution < -0.4 is 128 Å². The quantitative estimate of drug-likeness (QED) is 0.0854. The molecule has 0 aliphatic carbocycles. The van der Waals surface area contributed by atoms with Gasteiger partial charge in [0.1, 0.15) is 20.2 Å². The van der Waals surface area contributed by atoms with Gasteiger partial charge in [0.05, 0.1) is 31.1 Å². The van der Waals surface area contributed by atoms with Crippen molar-refractivity contribution in [1.82, 2.24) is 29.9 Å². The van der Waals surface area contributed by atoms with Gasteiger partial charge in [0.2, 0.25) is 17.2 Å². The molecule has 0 aliphatic rings. The van der Waals surface area contributed by atoms with Gasteiger partial charge in [-0.2, -0.15) is 24.9 Å². The molecule has 4 rings (SSSR count). The summed E-state index contributed by atoms with van der Waals surface area (Å²) in [4.78, 5) is 22.0. The van der Waals surface area contributed by atoms with E-state index in [0.717, 1.165) is 24.3 Å². The number of nitrogens with one attached hydrogen (secondary N) is 2. The fourth-order valence-electron chi connectivity index (χ4n) is 3.43. The second-order valence-electron chi connectivity index (χ2n) is 8.04. The zero-order valence-corrected chi connectivity index (χ0v) is 32.8. The summed E-state index contributed by atoms with van der Waals surface area (Å²) in [5.41, 5.74) is -0.00157. The molecule has 0 amide bonds. The Kier molecular flexibility index (Phi) is 15.1. The van der Waals surface area contributed by atoms with Gasteiger partial charge in [0, 0.05) is 11.4 Å². The van der Waals surface area contributed by atoms with E-state index < -0.39 is 30.0 Å². The first-order valence-corrected chi connectivity index (χ1v) is 14.7. The average molecular weight is 729 g/mol. The summed E-state index contributed by atoms with van der Waals surface area (Å²) in [6.07, 6.45) is 2.33. The van der Waals surface area contributed by atoms with Gasteiger partial charge in [0.15, 0.2) is 0 Å². The maximum absolute atomic E-state index is 12.1. The van der Waals surface area contributed by atoms with Crippen LogP contribution in [-0.4, -0.2) is 77.2 Å². The monoisotopic (exact) mass is 728 g/mol. The van der Waals surface area contributed by atoms with E-state index in [2.05, 4.69) is 40.5 Å². The summed E-state index contributed by atoms with van der Waals surface area (Å²) < 4.78 is 87.3. The summed E-state index contributed by atoms with van der Waals surface area (Å²) >= 11 is 5.82. The second-order valence-corrected chi connectivity index (χ2v) is 11.1. The molecule has 0 bridgehead atoms. The zero-order chi connectivity index (χ0) is 31.4. The van der Waals surface area contributed by atoms with E-state index in [0.29, 0.717) is 0 Å². The summed E-state index contributed by atoms with van der Waals surface area (Å²) in [5.74, 6) is -0.166. The average Bonchev–Trinajstić information content (AvgIpc) is 2.95. The molecule has 0 saturated heterocycles. The molecule has 0 radical (unpaired) electrons. The van der Waals surface area contributed by atoms with E-state index in [1.165, 1.54) is 45.6 Å². The number of ether oxygens (including phenoxy) is 3. The van der Waals surface area contributed by atoms with Crippen molar-refractivity contribution < 1.29 is 143 Å². The Hall–Kier alpha value is -1.42. The van der Waals surface area contributed by atoms with Crippen LogP contribution in [0.4, 0.5) is 23.3 Å². The maximum Gasteiger partial charge on any atom is 1.00 e. The normalized spacial score (nSPS) is 11.2. The Labute approximate surface area is 347 Å². The minimum Gasteiger partial charge on any atom is -0.744 e. The molecule has 22 heteroatoms. The molecule has 226 valence electrons. The van der Waals surface area contributed by atoms with Gasteiger partial charge in [-0.1, -0.05) is 24.3 Å². The molecule has 2 aromatic carbocycles. The molecule has 0 atom stereocenters. The molecule has 0 saturated carbocycles. The molecule has 2 heterocycles. The molecule has 2 aromatic heterocycles. The van der Waals surface area contributed by atoms with E-state index in [9.17, 15) is 25.9 Å². The zero-order valence-electron chi connectivity index (χ0n) is 24.2. The van der Waals surface area contributed by atoms with Crippen molar-refractivity contribution in [2.45, 2.75) is 9.79 Å². The number of methoxy groups -OCH3 is 3. The number of hydrogen-bond acceptors (Lipinski definition) is 17. The number of nitrogens with zero attached hydrogens (tertiary/aromatic N) is 6. The third kappa shape index (κ3) is 11.1. The van der Waals surface area contributed by atoms with Gasteiger partial charge in [-0.05, 0) is 47.0 Å². The van der Waals surface area contributed by atoms with Crippen LogP contribution in [0, 0.1) is 0 Å². The Bertz CT molecular complexity index is 1920. The van der Waals surface area contributed by atoms with Crippen LogP contribution in [0.2, 0.25) is 5.28 Å². The van der Waals surface area contributed by atoms with Crippen molar-refractivity contribution in [3.05, 3.63) is 52.8 Å². The molecule has 45 heavy (non-hydrogen) atoms. The third-order valence-electron chi connectivity index (χ3n) is 5.25. The minimum absolute atomic E-state index is 0. The molecule has 0 aliphatic heterocycles. The van der Waals surface area contributed by atoms with Crippen LogP contribution in [0.1, 0.15) is 11.1 Å². The third-order valence-corrected chi connectivity index (χ3v) is 7.20. The fraction of sp³-hybridized carbons (Fsp3) is 0.130. The summed E-state index contributed by atoms with van der Waals surface area (Å²) in [6, 6.07) is 7.10. The number of hydrogen-bond donors (Lipinski definition) is 2. The van der Waals surface area contributed by atoms with Crippen molar-refractivity contribution in [3.63, 3.8) is 0 Å².